The number of hydrogen-bond donors (Lipinski definition) is 0. The van der Waals surface area contributed by atoms with Crippen LogP contribution in [0, 0.1) is 18.3 Å². The Kier molecular flexibility index (Phi) is 6.18. The first-order valence-electron chi connectivity index (χ1n) is 4.32. The molecule has 0 aromatic rings. The predicted octanol–water partition coefficient (Wildman–Crippen LogP) is 1.99. The zero-order valence-electron chi connectivity index (χ0n) is 7.80. The van der Waals surface area contributed by atoms with Crippen molar-refractivity contribution in [2.75, 3.05) is 6.61 Å². The minimum Gasteiger partial charge on any atom is -0.465 e. The summed E-state index contributed by atoms with van der Waals surface area (Å²) in [4.78, 5) is 11.1. The largest absolute Gasteiger partial charge is 0.465 e. The lowest BCUT2D eigenvalue weighted by Gasteiger charge is -2.07. The third-order valence-electron chi connectivity index (χ3n) is 1.57. The van der Waals surface area contributed by atoms with E-state index in [4.69, 9.17) is 11.2 Å². The molecule has 0 spiro atoms. The van der Waals surface area contributed by atoms with Crippen LogP contribution in [0.25, 0.3) is 0 Å². The van der Waals surface area contributed by atoms with Gasteiger partial charge in [0.2, 0.25) is 0 Å². The van der Waals surface area contributed by atoms with Crippen LogP contribution in [0.15, 0.2) is 0 Å². The SMILES string of the molecule is C#CCC(C)C(=O)OCCCC. The highest BCUT2D eigenvalue weighted by atomic mass is 16.5. The van der Waals surface area contributed by atoms with Crippen molar-refractivity contribution in [3.63, 3.8) is 0 Å². The normalized spacial score (nSPS) is 11.8. The number of unbranched alkanes of at least 4 members (excludes halogenated alkanes) is 1. The molecule has 0 radical (unpaired) electrons. The third kappa shape index (κ3) is 4.79. The lowest BCUT2D eigenvalue weighted by molar-refractivity contribution is -0.147. The highest BCUT2D eigenvalue weighted by Gasteiger charge is 2.11. The highest BCUT2D eigenvalue weighted by Crippen LogP contribution is 2.03. The molecule has 0 rings (SSSR count). The van der Waals surface area contributed by atoms with Gasteiger partial charge in [-0.1, -0.05) is 20.3 Å². The summed E-state index contributed by atoms with van der Waals surface area (Å²) in [5.41, 5.74) is 0. The van der Waals surface area contributed by atoms with Crippen molar-refractivity contribution in [2.24, 2.45) is 5.92 Å². The lowest BCUT2D eigenvalue weighted by Crippen LogP contribution is -2.14. The molecule has 0 bridgehead atoms. The topological polar surface area (TPSA) is 26.3 Å². The number of terminal acetylenes is 1. The van der Waals surface area contributed by atoms with E-state index in [2.05, 4.69) is 12.8 Å². The highest BCUT2D eigenvalue weighted by molar-refractivity contribution is 5.72. The van der Waals surface area contributed by atoms with Gasteiger partial charge in [0.15, 0.2) is 0 Å². The molecule has 12 heavy (non-hydrogen) atoms. The molecule has 0 aliphatic rings. The summed E-state index contributed by atoms with van der Waals surface area (Å²) in [6.07, 6.45) is 7.49. The quantitative estimate of drug-likeness (QED) is 0.356. The Morgan fingerprint density at radius 2 is 2.33 bits per heavy atom. The van der Waals surface area contributed by atoms with Gasteiger partial charge in [-0.05, 0) is 6.42 Å². The second-order valence-corrected chi connectivity index (χ2v) is 2.83. The molecule has 0 N–H and O–H groups in total. The molecule has 1 atom stereocenters. The Labute approximate surface area is 74.3 Å². The van der Waals surface area contributed by atoms with E-state index in [0.29, 0.717) is 13.0 Å². The van der Waals surface area contributed by atoms with Gasteiger partial charge in [0.05, 0.1) is 12.5 Å². The molecule has 0 aromatic carbocycles. The standard InChI is InChI=1S/C10H16O2/c1-4-6-8-12-10(11)9(3)7-5-2/h2,9H,4,6-8H2,1,3H3. The van der Waals surface area contributed by atoms with Crippen molar-refractivity contribution in [1.82, 2.24) is 0 Å². The molecular formula is C10H16O2. The number of carbonyl (C=O) groups excluding carboxylic acids is 1. The molecule has 0 aliphatic heterocycles. The van der Waals surface area contributed by atoms with Crippen LogP contribution in [0.2, 0.25) is 0 Å². The number of ether oxygens (including phenoxy) is 1. The Balaban J connectivity index is 3.51. The molecule has 68 valence electrons. The number of carbonyl (C=O) groups is 1. The van der Waals surface area contributed by atoms with Crippen molar-refractivity contribution < 1.29 is 9.53 Å². The average Bonchev–Trinajstić information content (AvgIpc) is 2.05. The van der Waals surface area contributed by atoms with Gasteiger partial charge in [0.1, 0.15) is 0 Å². The van der Waals surface area contributed by atoms with Crippen LogP contribution in [0.4, 0.5) is 0 Å². The first-order chi connectivity index (χ1) is 5.72. The summed E-state index contributed by atoms with van der Waals surface area (Å²) in [7, 11) is 0. The van der Waals surface area contributed by atoms with E-state index >= 15 is 0 Å². The van der Waals surface area contributed by atoms with Crippen molar-refractivity contribution in [3.05, 3.63) is 0 Å². The van der Waals surface area contributed by atoms with Crippen LogP contribution in [0.1, 0.15) is 33.1 Å². The summed E-state index contributed by atoms with van der Waals surface area (Å²) in [6, 6.07) is 0. The second kappa shape index (κ2) is 6.72. The Morgan fingerprint density at radius 3 is 2.83 bits per heavy atom. The zero-order valence-corrected chi connectivity index (χ0v) is 7.80. The summed E-state index contributed by atoms with van der Waals surface area (Å²) < 4.78 is 4.96. The lowest BCUT2D eigenvalue weighted by atomic mass is 10.1. The van der Waals surface area contributed by atoms with Crippen LogP contribution < -0.4 is 0 Å². The fourth-order valence-corrected chi connectivity index (χ4v) is 0.719. The van der Waals surface area contributed by atoms with Crippen LogP contribution in [0.3, 0.4) is 0 Å². The van der Waals surface area contributed by atoms with Gasteiger partial charge in [-0.2, -0.15) is 0 Å². The molecule has 0 saturated carbocycles. The van der Waals surface area contributed by atoms with E-state index in [1.54, 1.807) is 6.92 Å². The van der Waals surface area contributed by atoms with E-state index in [1.807, 2.05) is 0 Å². The second-order valence-electron chi connectivity index (χ2n) is 2.83. The molecule has 0 amide bonds. The van der Waals surface area contributed by atoms with Gasteiger partial charge in [-0.15, -0.1) is 12.3 Å². The molecule has 0 heterocycles. The van der Waals surface area contributed by atoms with Crippen molar-refractivity contribution in [2.45, 2.75) is 33.1 Å². The number of hydrogen-bond acceptors (Lipinski definition) is 2. The minimum absolute atomic E-state index is 0.160. The molecule has 1 unspecified atom stereocenters. The number of rotatable bonds is 5. The first kappa shape index (κ1) is 11.0. The smallest absolute Gasteiger partial charge is 0.309 e. The predicted molar refractivity (Wildman–Crippen MR) is 48.5 cm³/mol. The van der Waals surface area contributed by atoms with Crippen LogP contribution in [-0.4, -0.2) is 12.6 Å². The molecule has 2 heteroatoms. The fourth-order valence-electron chi connectivity index (χ4n) is 0.719. The number of esters is 1. The minimum atomic E-state index is -0.179. The molecule has 0 aliphatic carbocycles. The van der Waals surface area contributed by atoms with E-state index in [1.165, 1.54) is 0 Å². The maximum absolute atomic E-state index is 11.1. The van der Waals surface area contributed by atoms with Gasteiger partial charge >= 0.3 is 5.97 Å². The molecule has 0 saturated heterocycles. The van der Waals surface area contributed by atoms with Gasteiger partial charge in [0, 0.05) is 6.42 Å². The van der Waals surface area contributed by atoms with Gasteiger partial charge < -0.3 is 4.74 Å². The molecular weight excluding hydrogens is 152 g/mol. The first-order valence-corrected chi connectivity index (χ1v) is 4.32. The van der Waals surface area contributed by atoms with E-state index < -0.39 is 0 Å². The third-order valence-corrected chi connectivity index (χ3v) is 1.57. The van der Waals surface area contributed by atoms with E-state index in [-0.39, 0.29) is 11.9 Å². The molecule has 0 aromatic heterocycles. The maximum Gasteiger partial charge on any atom is 0.309 e. The summed E-state index contributed by atoms with van der Waals surface area (Å²) in [5.74, 6) is 2.10. The Bertz CT molecular complexity index is 167. The van der Waals surface area contributed by atoms with Gasteiger partial charge in [-0.25, -0.2) is 0 Å². The van der Waals surface area contributed by atoms with Gasteiger partial charge in [0.25, 0.3) is 0 Å². The van der Waals surface area contributed by atoms with Crippen LogP contribution in [0.5, 0.6) is 0 Å². The molecule has 0 fully saturated rings. The summed E-state index contributed by atoms with van der Waals surface area (Å²) >= 11 is 0. The van der Waals surface area contributed by atoms with Crippen molar-refractivity contribution in [1.29, 1.82) is 0 Å². The van der Waals surface area contributed by atoms with Crippen LogP contribution in [-0.2, 0) is 9.53 Å². The zero-order chi connectivity index (χ0) is 9.40. The van der Waals surface area contributed by atoms with E-state index in [9.17, 15) is 4.79 Å². The Morgan fingerprint density at radius 1 is 1.67 bits per heavy atom. The molecule has 2 nitrogen and oxygen atoms in total. The van der Waals surface area contributed by atoms with Crippen LogP contribution >= 0.6 is 0 Å². The maximum atomic E-state index is 11.1. The summed E-state index contributed by atoms with van der Waals surface area (Å²) in [6.45, 7) is 4.36. The van der Waals surface area contributed by atoms with E-state index in [0.717, 1.165) is 12.8 Å². The van der Waals surface area contributed by atoms with Gasteiger partial charge in [-0.3, -0.25) is 4.79 Å². The summed E-state index contributed by atoms with van der Waals surface area (Å²) in [5, 5.41) is 0. The monoisotopic (exact) mass is 168 g/mol. The van der Waals surface area contributed by atoms with Crippen molar-refractivity contribution in [3.8, 4) is 12.3 Å². The Hall–Kier alpha value is -0.970. The van der Waals surface area contributed by atoms with Crippen molar-refractivity contribution >= 4 is 5.97 Å². The fraction of sp³-hybridized carbons (Fsp3) is 0.700. The average molecular weight is 168 g/mol.